The molecule has 1 rings (SSSR count). The van der Waals surface area contributed by atoms with Gasteiger partial charge in [0.05, 0.1) is 0 Å². The normalized spacial score (nSPS) is 13.3. The maximum Gasteiger partial charge on any atom is 0.263 e. The van der Waals surface area contributed by atoms with Crippen LogP contribution in [0.25, 0.3) is 0 Å². The molecule has 0 spiro atoms. The molecule has 13 heavy (non-hydrogen) atoms. The third-order valence-electron chi connectivity index (χ3n) is 1.87. The summed E-state index contributed by atoms with van der Waals surface area (Å²) in [6.07, 6.45) is -2.43. The first kappa shape index (κ1) is 10.1. The molecule has 0 aliphatic rings. The monoisotopic (exact) mass is 186 g/mol. The van der Waals surface area contributed by atoms with E-state index in [9.17, 15) is 8.78 Å². The van der Waals surface area contributed by atoms with Gasteiger partial charge >= 0.3 is 0 Å². The summed E-state index contributed by atoms with van der Waals surface area (Å²) in [4.78, 5) is 0. The van der Waals surface area contributed by atoms with Crippen molar-refractivity contribution in [2.24, 2.45) is 11.5 Å². The SMILES string of the molecule is NCC(N)c1ccc(C(F)F)cc1. The molecule has 0 fully saturated rings. The Labute approximate surface area is 75.5 Å². The van der Waals surface area contributed by atoms with Crippen LogP contribution >= 0.6 is 0 Å². The molecule has 1 aromatic rings. The van der Waals surface area contributed by atoms with Crippen LogP contribution in [0, 0.1) is 0 Å². The Morgan fingerprint density at radius 1 is 1.08 bits per heavy atom. The summed E-state index contributed by atoms with van der Waals surface area (Å²) in [7, 11) is 0. The number of benzene rings is 1. The Morgan fingerprint density at radius 3 is 1.92 bits per heavy atom. The van der Waals surface area contributed by atoms with Crippen LogP contribution in [0.1, 0.15) is 23.6 Å². The molecule has 0 aromatic heterocycles. The molecule has 0 radical (unpaired) electrons. The van der Waals surface area contributed by atoms with Crippen LogP contribution in [0.15, 0.2) is 24.3 Å². The van der Waals surface area contributed by atoms with Crippen molar-refractivity contribution in [1.29, 1.82) is 0 Å². The summed E-state index contributed by atoms with van der Waals surface area (Å²) in [5.74, 6) is 0. The van der Waals surface area contributed by atoms with Crippen molar-refractivity contribution in [1.82, 2.24) is 0 Å². The lowest BCUT2D eigenvalue weighted by Gasteiger charge is -2.09. The molecule has 0 bridgehead atoms. The number of hydrogen-bond acceptors (Lipinski definition) is 2. The minimum atomic E-state index is -2.43. The Hall–Kier alpha value is -1.00. The zero-order chi connectivity index (χ0) is 9.84. The average molecular weight is 186 g/mol. The fourth-order valence-corrected chi connectivity index (χ4v) is 1.02. The van der Waals surface area contributed by atoms with Crippen LogP contribution < -0.4 is 11.5 Å². The van der Waals surface area contributed by atoms with Gasteiger partial charge in [-0.2, -0.15) is 0 Å². The molecule has 4 heteroatoms. The largest absolute Gasteiger partial charge is 0.329 e. The van der Waals surface area contributed by atoms with Crippen LogP contribution in [0.2, 0.25) is 0 Å². The second-order valence-corrected chi connectivity index (χ2v) is 2.81. The van der Waals surface area contributed by atoms with Crippen molar-refractivity contribution in [3.63, 3.8) is 0 Å². The van der Waals surface area contributed by atoms with Crippen molar-refractivity contribution in [2.45, 2.75) is 12.5 Å². The molecule has 0 heterocycles. The topological polar surface area (TPSA) is 52.0 Å². The highest BCUT2D eigenvalue weighted by molar-refractivity contribution is 5.25. The summed E-state index contributed by atoms with van der Waals surface area (Å²) < 4.78 is 24.3. The smallest absolute Gasteiger partial charge is 0.263 e. The second kappa shape index (κ2) is 4.30. The first-order valence-corrected chi connectivity index (χ1v) is 3.98. The molecule has 1 atom stereocenters. The van der Waals surface area contributed by atoms with Gasteiger partial charge in [-0.1, -0.05) is 24.3 Å². The van der Waals surface area contributed by atoms with Crippen LogP contribution in [-0.2, 0) is 0 Å². The lowest BCUT2D eigenvalue weighted by molar-refractivity contribution is 0.151. The van der Waals surface area contributed by atoms with Crippen molar-refractivity contribution in [3.05, 3.63) is 35.4 Å². The zero-order valence-electron chi connectivity index (χ0n) is 7.08. The van der Waals surface area contributed by atoms with Gasteiger partial charge in [0.15, 0.2) is 0 Å². The number of hydrogen-bond donors (Lipinski definition) is 2. The van der Waals surface area contributed by atoms with Crippen LogP contribution in [-0.4, -0.2) is 6.54 Å². The first-order chi connectivity index (χ1) is 6.15. The van der Waals surface area contributed by atoms with Gasteiger partial charge in [0.2, 0.25) is 0 Å². The summed E-state index contributed by atoms with van der Waals surface area (Å²) >= 11 is 0. The van der Waals surface area contributed by atoms with Crippen molar-refractivity contribution in [2.75, 3.05) is 6.54 Å². The summed E-state index contributed by atoms with van der Waals surface area (Å²) in [6, 6.07) is 5.63. The Bertz CT molecular complexity index is 259. The molecule has 0 aliphatic heterocycles. The third kappa shape index (κ3) is 2.47. The van der Waals surface area contributed by atoms with Crippen molar-refractivity contribution >= 4 is 0 Å². The molecule has 1 aromatic carbocycles. The molecule has 0 aliphatic carbocycles. The number of alkyl halides is 2. The predicted octanol–water partition coefficient (Wildman–Crippen LogP) is 1.58. The highest BCUT2D eigenvalue weighted by atomic mass is 19.3. The third-order valence-corrected chi connectivity index (χ3v) is 1.87. The molecule has 0 saturated carbocycles. The van der Waals surface area contributed by atoms with E-state index in [1.54, 1.807) is 12.1 Å². The fraction of sp³-hybridized carbons (Fsp3) is 0.333. The van der Waals surface area contributed by atoms with Gasteiger partial charge in [-0.05, 0) is 5.56 Å². The quantitative estimate of drug-likeness (QED) is 0.753. The van der Waals surface area contributed by atoms with Crippen LogP contribution in [0.5, 0.6) is 0 Å². The fourth-order valence-electron chi connectivity index (χ4n) is 1.02. The molecule has 0 saturated heterocycles. The highest BCUT2D eigenvalue weighted by Gasteiger charge is 2.07. The van der Waals surface area contributed by atoms with Gasteiger partial charge < -0.3 is 11.5 Å². The van der Waals surface area contributed by atoms with Crippen LogP contribution in [0.4, 0.5) is 8.78 Å². The van der Waals surface area contributed by atoms with Gasteiger partial charge in [-0.15, -0.1) is 0 Å². The molecule has 2 nitrogen and oxygen atoms in total. The summed E-state index contributed by atoms with van der Waals surface area (Å²) in [6.45, 7) is 0.314. The minimum Gasteiger partial charge on any atom is -0.329 e. The molecule has 72 valence electrons. The van der Waals surface area contributed by atoms with Gasteiger partial charge in [-0.25, -0.2) is 8.78 Å². The van der Waals surface area contributed by atoms with E-state index in [1.807, 2.05) is 0 Å². The first-order valence-electron chi connectivity index (χ1n) is 3.98. The van der Waals surface area contributed by atoms with Crippen molar-refractivity contribution < 1.29 is 8.78 Å². The van der Waals surface area contributed by atoms with Crippen molar-refractivity contribution in [3.8, 4) is 0 Å². The number of rotatable bonds is 3. The average Bonchev–Trinajstić information content (AvgIpc) is 2.17. The van der Waals surface area contributed by atoms with E-state index in [-0.39, 0.29) is 11.6 Å². The molecular weight excluding hydrogens is 174 g/mol. The van der Waals surface area contributed by atoms with Gasteiger partial charge in [-0.3, -0.25) is 0 Å². The molecular formula is C9H12F2N2. The molecule has 1 unspecified atom stereocenters. The van der Waals surface area contributed by atoms with E-state index in [0.717, 1.165) is 5.56 Å². The van der Waals surface area contributed by atoms with E-state index in [2.05, 4.69) is 0 Å². The van der Waals surface area contributed by atoms with E-state index >= 15 is 0 Å². The predicted molar refractivity (Wildman–Crippen MR) is 47.4 cm³/mol. The van der Waals surface area contributed by atoms with E-state index in [1.165, 1.54) is 12.1 Å². The van der Waals surface area contributed by atoms with E-state index in [0.29, 0.717) is 6.54 Å². The standard InChI is InChI=1S/C9H12F2N2/c10-9(11)7-3-1-6(2-4-7)8(13)5-12/h1-4,8-9H,5,12-13H2. The zero-order valence-corrected chi connectivity index (χ0v) is 7.08. The summed E-state index contributed by atoms with van der Waals surface area (Å²) in [5, 5.41) is 0. The minimum absolute atomic E-state index is 0.00738. The van der Waals surface area contributed by atoms with Crippen LogP contribution in [0.3, 0.4) is 0 Å². The van der Waals surface area contributed by atoms with Gasteiger partial charge in [0, 0.05) is 18.2 Å². The lowest BCUT2D eigenvalue weighted by atomic mass is 10.1. The number of halogens is 2. The number of nitrogens with two attached hydrogens (primary N) is 2. The van der Waals surface area contributed by atoms with Gasteiger partial charge in [0.25, 0.3) is 6.43 Å². The second-order valence-electron chi connectivity index (χ2n) is 2.81. The Kier molecular flexibility index (Phi) is 3.33. The summed E-state index contributed by atoms with van der Waals surface area (Å²) in [5.41, 5.74) is 11.7. The highest BCUT2D eigenvalue weighted by Crippen LogP contribution is 2.20. The molecule has 0 amide bonds. The Balaban J connectivity index is 2.81. The van der Waals surface area contributed by atoms with E-state index < -0.39 is 6.43 Å². The van der Waals surface area contributed by atoms with Gasteiger partial charge in [0.1, 0.15) is 0 Å². The molecule has 4 N–H and O–H groups in total. The lowest BCUT2D eigenvalue weighted by Crippen LogP contribution is -2.20. The maximum atomic E-state index is 12.1. The Morgan fingerprint density at radius 2 is 1.54 bits per heavy atom. The maximum absolute atomic E-state index is 12.1. The van der Waals surface area contributed by atoms with E-state index in [4.69, 9.17) is 11.5 Å².